The fourth-order valence-electron chi connectivity index (χ4n) is 3.96. The van der Waals surface area contributed by atoms with Gasteiger partial charge in [-0.1, -0.05) is 61.9 Å². The zero-order valence-electron chi connectivity index (χ0n) is 20.2. The molecule has 0 radical (unpaired) electrons. The number of carbonyl (C=O) groups excluding carboxylic acids is 1. The molecule has 0 saturated carbocycles. The summed E-state index contributed by atoms with van der Waals surface area (Å²) in [4.78, 5) is 24.2. The van der Waals surface area contributed by atoms with Crippen molar-refractivity contribution in [2.45, 2.75) is 45.8 Å². The van der Waals surface area contributed by atoms with Crippen LogP contribution in [0.3, 0.4) is 0 Å². The predicted molar refractivity (Wildman–Crippen MR) is 143 cm³/mol. The van der Waals surface area contributed by atoms with E-state index in [0.29, 0.717) is 22.3 Å². The van der Waals surface area contributed by atoms with E-state index in [1.54, 1.807) is 6.07 Å². The lowest BCUT2D eigenvalue weighted by Crippen LogP contribution is -2.23. The van der Waals surface area contributed by atoms with E-state index in [1.807, 2.05) is 60.7 Å². The number of hydrogen-bond donors (Lipinski definition) is 2. The summed E-state index contributed by atoms with van der Waals surface area (Å²) in [5.74, 6) is 0.0525. The van der Waals surface area contributed by atoms with Crippen LogP contribution in [0.1, 0.15) is 48.4 Å². The standard InChI is InChI=1S/C29H28BrNO5/c1-3-4-8-26-27(22-7-5-6-9-24(22)36-26)28(32)31-17-19-10-12-20(13-11-19)21-14-15-25(23(30)16-21)35-18(2)29(33)34/h5-7,9-16,18H,3-4,8,17H2,1-2H3,(H,31,32)(H,33,34). The van der Waals surface area contributed by atoms with Gasteiger partial charge >= 0.3 is 5.97 Å². The Hall–Kier alpha value is -3.58. The Bertz CT molecular complexity index is 1380. The summed E-state index contributed by atoms with van der Waals surface area (Å²) in [6.45, 7) is 4.00. The highest BCUT2D eigenvalue weighted by atomic mass is 79.9. The third-order valence-corrected chi connectivity index (χ3v) is 6.60. The van der Waals surface area contributed by atoms with Gasteiger partial charge < -0.3 is 19.6 Å². The number of ether oxygens (including phenoxy) is 1. The fourth-order valence-corrected chi connectivity index (χ4v) is 4.43. The number of unbranched alkanes of at least 4 members (excludes halogenated alkanes) is 1. The number of carboxylic acids is 1. The van der Waals surface area contributed by atoms with Gasteiger partial charge in [-0.3, -0.25) is 4.79 Å². The molecule has 1 atom stereocenters. The normalized spacial score (nSPS) is 11.9. The first kappa shape index (κ1) is 25.5. The van der Waals surface area contributed by atoms with E-state index in [9.17, 15) is 9.59 Å². The van der Waals surface area contributed by atoms with Gasteiger partial charge in [0, 0.05) is 18.4 Å². The van der Waals surface area contributed by atoms with E-state index >= 15 is 0 Å². The van der Waals surface area contributed by atoms with Gasteiger partial charge in [0.25, 0.3) is 5.91 Å². The maximum Gasteiger partial charge on any atom is 0.344 e. The Morgan fingerprint density at radius 3 is 2.47 bits per heavy atom. The Balaban J connectivity index is 1.44. The first-order valence-corrected chi connectivity index (χ1v) is 12.7. The fraction of sp³-hybridized carbons (Fsp3) is 0.241. The zero-order valence-corrected chi connectivity index (χ0v) is 21.8. The molecule has 1 unspecified atom stereocenters. The summed E-state index contributed by atoms with van der Waals surface area (Å²) in [5.41, 5.74) is 4.28. The van der Waals surface area contributed by atoms with Crippen LogP contribution in [0.4, 0.5) is 0 Å². The molecule has 0 bridgehead atoms. The summed E-state index contributed by atoms with van der Waals surface area (Å²) in [6, 6.07) is 21.1. The van der Waals surface area contributed by atoms with Crippen molar-refractivity contribution >= 4 is 38.8 Å². The highest BCUT2D eigenvalue weighted by Crippen LogP contribution is 2.32. The molecule has 0 saturated heterocycles. The molecular weight excluding hydrogens is 522 g/mol. The van der Waals surface area contributed by atoms with Gasteiger partial charge in [0.05, 0.1) is 10.0 Å². The lowest BCUT2D eigenvalue weighted by Gasteiger charge is -2.13. The van der Waals surface area contributed by atoms with Gasteiger partial charge in [-0.15, -0.1) is 0 Å². The van der Waals surface area contributed by atoms with Crippen molar-refractivity contribution in [3.8, 4) is 16.9 Å². The number of aryl methyl sites for hydroxylation is 1. The maximum atomic E-state index is 13.1. The Labute approximate surface area is 218 Å². The summed E-state index contributed by atoms with van der Waals surface area (Å²) in [5, 5.41) is 12.9. The van der Waals surface area contributed by atoms with Crippen LogP contribution < -0.4 is 10.1 Å². The van der Waals surface area contributed by atoms with E-state index in [-0.39, 0.29) is 5.91 Å². The van der Waals surface area contributed by atoms with E-state index in [1.165, 1.54) is 6.92 Å². The monoisotopic (exact) mass is 549 g/mol. The van der Waals surface area contributed by atoms with Gasteiger partial charge in [0.15, 0.2) is 6.10 Å². The van der Waals surface area contributed by atoms with Gasteiger partial charge in [0.1, 0.15) is 17.1 Å². The second-order valence-corrected chi connectivity index (χ2v) is 9.48. The van der Waals surface area contributed by atoms with E-state index in [4.69, 9.17) is 14.3 Å². The molecule has 7 heteroatoms. The van der Waals surface area contributed by atoms with Crippen molar-refractivity contribution in [1.29, 1.82) is 0 Å². The molecule has 0 aliphatic carbocycles. The van der Waals surface area contributed by atoms with Crippen LogP contribution in [0.2, 0.25) is 0 Å². The number of furan rings is 1. The molecule has 0 aliphatic rings. The van der Waals surface area contributed by atoms with Crippen molar-refractivity contribution in [1.82, 2.24) is 5.32 Å². The lowest BCUT2D eigenvalue weighted by molar-refractivity contribution is -0.144. The van der Waals surface area contributed by atoms with Crippen LogP contribution in [0, 0.1) is 0 Å². The van der Waals surface area contributed by atoms with Crippen molar-refractivity contribution < 1.29 is 23.8 Å². The van der Waals surface area contributed by atoms with Crippen molar-refractivity contribution in [2.24, 2.45) is 0 Å². The van der Waals surface area contributed by atoms with Gasteiger partial charge in [-0.2, -0.15) is 0 Å². The van der Waals surface area contributed by atoms with Gasteiger partial charge in [-0.05, 0) is 64.2 Å². The average molecular weight is 550 g/mol. The van der Waals surface area contributed by atoms with E-state index in [2.05, 4.69) is 28.2 Å². The minimum Gasteiger partial charge on any atom is -0.479 e. The Morgan fingerprint density at radius 2 is 1.78 bits per heavy atom. The number of carboxylic acid groups (broad SMARTS) is 1. The third kappa shape index (κ3) is 5.79. The number of rotatable bonds is 10. The molecule has 1 amide bonds. The second-order valence-electron chi connectivity index (χ2n) is 8.62. The highest BCUT2D eigenvalue weighted by Gasteiger charge is 2.20. The third-order valence-electron chi connectivity index (χ3n) is 5.98. The number of halogens is 1. The number of aliphatic carboxylic acids is 1. The number of nitrogens with one attached hydrogen (secondary N) is 1. The largest absolute Gasteiger partial charge is 0.479 e. The van der Waals surface area contributed by atoms with Gasteiger partial charge in [-0.25, -0.2) is 4.79 Å². The van der Waals surface area contributed by atoms with E-state index in [0.717, 1.165) is 52.7 Å². The summed E-state index contributed by atoms with van der Waals surface area (Å²) < 4.78 is 12.1. The summed E-state index contributed by atoms with van der Waals surface area (Å²) in [7, 11) is 0. The minimum atomic E-state index is -1.02. The molecule has 4 rings (SSSR count). The first-order chi connectivity index (χ1) is 17.4. The van der Waals surface area contributed by atoms with Gasteiger partial charge in [0.2, 0.25) is 0 Å². The molecule has 2 N–H and O–H groups in total. The molecule has 0 spiro atoms. The van der Waals surface area contributed by atoms with Crippen LogP contribution in [-0.4, -0.2) is 23.1 Å². The molecule has 1 aromatic heterocycles. The minimum absolute atomic E-state index is 0.134. The van der Waals surface area contributed by atoms with Crippen LogP contribution >= 0.6 is 15.9 Å². The SMILES string of the molecule is CCCCc1oc2ccccc2c1C(=O)NCc1ccc(-c2ccc(OC(C)C(=O)O)c(Br)c2)cc1. The first-order valence-electron chi connectivity index (χ1n) is 11.9. The summed E-state index contributed by atoms with van der Waals surface area (Å²) >= 11 is 3.46. The zero-order chi connectivity index (χ0) is 25.7. The number of benzene rings is 3. The van der Waals surface area contributed by atoms with Crippen LogP contribution in [0.15, 0.2) is 75.6 Å². The molecule has 186 valence electrons. The molecular formula is C29H28BrNO5. The molecule has 3 aromatic carbocycles. The van der Waals surface area contributed by atoms with Crippen molar-refractivity contribution in [3.63, 3.8) is 0 Å². The summed E-state index contributed by atoms with van der Waals surface area (Å²) in [6.07, 6.45) is 1.78. The number of fused-ring (bicyclic) bond motifs is 1. The number of amides is 1. The van der Waals surface area contributed by atoms with Crippen LogP contribution in [-0.2, 0) is 17.8 Å². The molecule has 0 aliphatic heterocycles. The highest BCUT2D eigenvalue weighted by molar-refractivity contribution is 9.10. The Morgan fingerprint density at radius 1 is 1.06 bits per heavy atom. The molecule has 6 nitrogen and oxygen atoms in total. The average Bonchev–Trinajstić information content (AvgIpc) is 3.25. The predicted octanol–water partition coefficient (Wildman–Crippen LogP) is 6.99. The molecule has 0 fully saturated rings. The number of hydrogen-bond acceptors (Lipinski definition) is 4. The van der Waals surface area contributed by atoms with Crippen molar-refractivity contribution in [2.75, 3.05) is 0 Å². The molecule has 36 heavy (non-hydrogen) atoms. The molecule has 4 aromatic rings. The Kier molecular flexibility index (Phi) is 8.10. The smallest absolute Gasteiger partial charge is 0.344 e. The number of carbonyl (C=O) groups is 2. The quantitative estimate of drug-likeness (QED) is 0.222. The number of para-hydroxylation sites is 1. The van der Waals surface area contributed by atoms with Crippen molar-refractivity contribution in [3.05, 3.63) is 88.1 Å². The van der Waals surface area contributed by atoms with E-state index < -0.39 is 12.1 Å². The topological polar surface area (TPSA) is 88.8 Å². The lowest BCUT2D eigenvalue weighted by atomic mass is 10.0. The van der Waals surface area contributed by atoms with Crippen LogP contribution in [0.25, 0.3) is 22.1 Å². The second kappa shape index (κ2) is 11.4. The maximum absolute atomic E-state index is 13.1. The molecule has 1 heterocycles. The van der Waals surface area contributed by atoms with Crippen LogP contribution in [0.5, 0.6) is 5.75 Å².